The van der Waals surface area contributed by atoms with Crippen LogP contribution < -0.4 is 5.32 Å². The van der Waals surface area contributed by atoms with Crippen molar-refractivity contribution in [1.29, 1.82) is 5.26 Å². The van der Waals surface area contributed by atoms with E-state index in [4.69, 9.17) is 10.00 Å². The summed E-state index contributed by atoms with van der Waals surface area (Å²) < 4.78 is 5.17. The SMILES string of the molecule is N#CC[C@@H](NC(=O)OCc1ccccc1)c1ccccc1. The Balaban J connectivity index is 1.91. The lowest BCUT2D eigenvalue weighted by atomic mass is 10.1. The highest BCUT2D eigenvalue weighted by atomic mass is 16.5. The summed E-state index contributed by atoms with van der Waals surface area (Å²) >= 11 is 0. The van der Waals surface area contributed by atoms with Gasteiger partial charge in [-0.25, -0.2) is 4.79 Å². The molecule has 1 N–H and O–H groups in total. The van der Waals surface area contributed by atoms with Gasteiger partial charge in [-0.3, -0.25) is 0 Å². The molecule has 1 amide bonds. The zero-order valence-electron chi connectivity index (χ0n) is 11.5. The number of carbonyl (C=O) groups is 1. The van der Waals surface area contributed by atoms with E-state index in [-0.39, 0.29) is 19.1 Å². The molecule has 0 bridgehead atoms. The van der Waals surface area contributed by atoms with Gasteiger partial charge in [-0.15, -0.1) is 0 Å². The smallest absolute Gasteiger partial charge is 0.407 e. The number of amides is 1. The number of ether oxygens (including phenoxy) is 1. The van der Waals surface area contributed by atoms with Crippen LogP contribution in [0.5, 0.6) is 0 Å². The second-order valence-electron chi connectivity index (χ2n) is 4.53. The van der Waals surface area contributed by atoms with Crippen molar-refractivity contribution in [3.8, 4) is 6.07 Å². The molecule has 0 aromatic heterocycles. The number of rotatable bonds is 5. The Kier molecular flexibility index (Phi) is 5.36. The minimum atomic E-state index is -0.525. The lowest BCUT2D eigenvalue weighted by Crippen LogP contribution is -2.28. The van der Waals surface area contributed by atoms with Crippen LogP contribution in [-0.4, -0.2) is 6.09 Å². The molecule has 0 heterocycles. The summed E-state index contributed by atoms with van der Waals surface area (Å²) in [7, 11) is 0. The maximum atomic E-state index is 11.8. The molecule has 4 heteroatoms. The molecule has 2 rings (SSSR count). The Bertz CT molecular complexity index is 606. The fourth-order valence-corrected chi connectivity index (χ4v) is 1.94. The first-order valence-corrected chi connectivity index (χ1v) is 6.68. The van der Waals surface area contributed by atoms with Gasteiger partial charge in [-0.05, 0) is 11.1 Å². The summed E-state index contributed by atoms with van der Waals surface area (Å²) in [5.74, 6) is 0. The Morgan fingerprint density at radius 2 is 1.71 bits per heavy atom. The first-order valence-electron chi connectivity index (χ1n) is 6.68. The van der Waals surface area contributed by atoms with Crippen molar-refractivity contribution in [2.45, 2.75) is 19.1 Å². The second kappa shape index (κ2) is 7.71. The highest BCUT2D eigenvalue weighted by Crippen LogP contribution is 2.16. The van der Waals surface area contributed by atoms with Gasteiger partial charge in [0.15, 0.2) is 0 Å². The number of nitriles is 1. The van der Waals surface area contributed by atoms with E-state index in [0.717, 1.165) is 11.1 Å². The van der Waals surface area contributed by atoms with Gasteiger partial charge < -0.3 is 10.1 Å². The van der Waals surface area contributed by atoms with Crippen molar-refractivity contribution in [3.05, 3.63) is 71.8 Å². The predicted octanol–water partition coefficient (Wildman–Crippen LogP) is 3.57. The minimum absolute atomic E-state index is 0.199. The van der Waals surface area contributed by atoms with Crippen LogP contribution in [0.1, 0.15) is 23.6 Å². The van der Waals surface area contributed by atoms with Crippen molar-refractivity contribution in [3.63, 3.8) is 0 Å². The average molecular weight is 280 g/mol. The van der Waals surface area contributed by atoms with Gasteiger partial charge in [-0.2, -0.15) is 5.26 Å². The van der Waals surface area contributed by atoms with Gasteiger partial charge in [0.25, 0.3) is 0 Å². The number of hydrogen-bond acceptors (Lipinski definition) is 3. The van der Waals surface area contributed by atoms with Crippen molar-refractivity contribution < 1.29 is 9.53 Å². The lowest BCUT2D eigenvalue weighted by Gasteiger charge is -2.16. The summed E-state index contributed by atoms with van der Waals surface area (Å²) in [6, 6.07) is 20.5. The van der Waals surface area contributed by atoms with Crippen LogP contribution in [0.3, 0.4) is 0 Å². The van der Waals surface area contributed by atoms with E-state index in [9.17, 15) is 4.79 Å². The molecule has 0 aliphatic heterocycles. The number of nitrogens with one attached hydrogen (secondary N) is 1. The van der Waals surface area contributed by atoms with Crippen molar-refractivity contribution >= 4 is 6.09 Å². The van der Waals surface area contributed by atoms with Crippen LogP contribution >= 0.6 is 0 Å². The fraction of sp³-hybridized carbons (Fsp3) is 0.176. The molecule has 2 aromatic carbocycles. The molecule has 106 valence electrons. The van der Waals surface area contributed by atoms with E-state index in [1.807, 2.05) is 60.7 Å². The van der Waals surface area contributed by atoms with Gasteiger partial charge in [0.05, 0.1) is 18.5 Å². The molecule has 0 radical (unpaired) electrons. The first kappa shape index (κ1) is 14.6. The quantitative estimate of drug-likeness (QED) is 0.910. The van der Waals surface area contributed by atoms with E-state index in [1.54, 1.807) is 0 Å². The van der Waals surface area contributed by atoms with E-state index < -0.39 is 6.09 Å². The molecule has 0 spiro atoms. The highest BCUT2D eigenvalue weighted by molar-refractivity contribution is 5.68. The van der Waals surface area contributed by atoms with E-state index >= 15 is 0 Å². The topological polar surface area (TPSA) is 62.1 Å². The second-order valence-corrected chi connectivity index (χ2v) is 4.53. The summed E-state index contributed by atoms with van der Waals surface area (Å²) in [5, 5.41) is 11.6. The molecular weight excluding hydrogens is 264 g/mol. The van der Waals surface area contributed by atoms with Gasteiger partial charge in [0.1, 0.15) is 6.61 Å². The lowest BCUT2D eigenvalue weighted by molar-refractivity contribution is 0.135. The normalized spacial score (nSPS) is 11.2. The summed E-state index contributed by atoms with van der Waals surface area (Å²) in [6.45, 7) is 0.209. The van der Waals surface area contributed by atoms with E-state index in [2.05, 4.69) is 11.4 Å². The van der Waals surface area contributed by atoms with Crippen LogP contribution in [0, 0.1) is 11.3 Å². The van der Waals surface area contributed by atoms with Crippen LogP contribution in [0.4, 0.5) is 4.79 Å². The fourth-order valence-electron chi connectivity index (χ4n) is 1.94. The third kappa shape index (κ3) is 4.66. The molecular formula is C17H16N2O2. The molecule has 0 fully saturated rings. The summed E-state index contributed by atoms with van der Waals surface area (Å²) in [5.41, 5.74) is 1.81. The number of nitrogens with zero attached hydrogens (tertiary/aromatic N) is 1. The predicted molar refractivity (Wildman–Crippen MR) is 79.2 cm³/mol. The van der Waals surface area contributed by atoms with Gasteiger partial charge in [0.2, 0.25) is 0 Å². The first-order chi connectivity index (χ1) is 10.3. The van der Waals surface area contributed by atoms with Gasteiger partial charge in [0, 0.05) is 0 Å². The average Bonchev–Trinajstić information content (AvgIpc) is 2.54. The Morgan fingerprint density at radius 3 is 2.33 bits per heavy atom. The molecule has 0 saturated heterocycles. The van der Waals surface area contributed by atoms with Gasteiger partial charge in [-0.1, -0.05) is 60.7 Å². The van der Waals surface area contributed by atoms with Crippen LogP contribution in [-0.2, 0) is 11.3 Å². The molecule has 0 aliphatic rings. The van der Waals surface area contributed by atoms with E-state index in [1.165, 1.54) is 0 Å². The van der Waals surface area contributed by atoms with Crippen LogP contribution in [0.15, 0.2) is 60.7 Å². The highest BCUT2D eigenvalue weighted by Gasteiger charge is 2.14. The third-order valence-electron chi connectivity index (χ3n) is 3.00. The molecule has 4 nitrogen and oxygen atoms in total. The summed E-state index contributed by atoms with van der Waals surface area (Å²) in [4.78, 5) is 11.8. The van der Waals surface area contributed by atoms with Crippen LogP contribution in [0.2, 0.25) is 0 Å². The van der Waals surface area contributed by atoms with Crippen molar-refractivity contribution in [1.82, 2.24) is 5.32 Å². The summed E-state index contributed by atoms with van der Waals surface area (Å²) in [6.07, 6.45) is -0.326. The largest absolute Gasteiger partial charge is 0.445 e. The zero-order chi connectivity index (χ0) is 14.9. The zero-order valence-corrected chi connectivity index (χ0v) is 11.5. The maximum absolute atomic E-state index is 11.8. The molecule has 0 saturated carbocycles. The molecule has 0 unspecified atom stereocenters. The Labute approximate surface area is 124 Å². The number of alkyl carbamates (subject to hydrolysis) is 1. The van der Waals surface area contributed by atoms with Gasteiger partial charge >= 0.3 is 6.09 Å². The third-order valence-corrected chi connectivity index (χ3v) is 3.00. The molecule has 2 aromatic rings. The van der Waals surface area contributed by atoms with E-state index in [0.29, 0.717) is 0 Å². The number of hydrogen-bond donors (Lipinski definition) is 1. The number of carbonyl (C=O) groups excluding carboxylic acids is 1. The molecule has 1 atom stereocenters. The van der Waals surface area contributed by atoms with Crippen molar-refractivity contribution in [2.75, 3.05) is 0 Å². The monoisotopic (exact) mass is 280 g/mol. The molecule has 0 aliphatic carbocycles. The van der Waals surface area contributed by atoms with Crippen LogP contribution in [0.25, 0.3) is 0 Å². The minimum Gasteiger partial charge on any atom is -0.445 e. The molecule has 21 heavy (non-hydrogen) atoms. The standard InChI is InChI=1S/C17H16N2O2/c18-12-11-16(15-9-5-2-6-10-15)19-17(20)21-13-14-7-3-1-4-8-14/h1-10,16H,11,13H2,(H,19,20)/t16-/m1/s1. The Morgan fingerprint density at radius 1 is 1.10 bits per heavy atom. The maximum Gasteiger partial charge on any atom is 0.407 e. The van der Waals surface area contributed by atoms with Crippen molar-refractivity contribution in [2.24, 2.45) is 0 Å². The Hall–Kier alpha value is -2.80. The number of benzene rings is 2.